The number of nitrogens with zero attached hydrogens (tertiary/aromatic N) is 3. The molecule has 0 radical (unpaired) electrons. The Kier molecular flexibility index (Phi) is 6.46. The van der Waals surface area contributed by atoms with Crippen LogP contribution >= 0.6 is 0 Å². The Bertz CT molecular complexity index is 599. The van der Waals surface area contributed by atoms with Crippen LogP contribution in [-0.4, -0.2) is 65.9 Å². The van der Waals surface area contributed by atoms with Crippen molar-refractivity contribution in [3.63, 3.8) is 0 Å². The number of carbonyl (C=O) groups excluding carboxylic acids is 1. The third-order valence-corrected chi connectivity index (χ3v) is 6.68. The van der Waals surface area contributed by atoms with E-state index in [0.717, 1.165) is 45.6 Å². The lowest BCUT2D eigenvalue weighted by Gasteiger charge is -2.37. The van der Waals surface area contributed by atoms with E-state index in [4.69, 9.17) is 0 Å². The minimum absolute atomic E-state index is 0.199. The van der Waals surface area contributed by atoms with Crippen LogP contribution < -0.4 is 0 Å². The maximum atomic E-state index is 13.3. The van der Waals surface area contributed by atoms with Gasteiger partial charge in [0, 0.05) is 32.2 Å². The Balaban J connectivity index is 1.33. The molecule has 0 N–H and O–H groups in total. The molecule has 0 aromatic heterocycles. The smallest absolute Gasteiger partial charge is 0.227 e. The zero-order chi connectivity index (χ0) is 18.5. The lowest BCUT2D eigenvalue weighted by atomic mass is 9.95. The fourth-order valence-electron chi connectivity index (χ4n) is 5.23. The molecular formula is C23H35N3O. The Morgan fingerprint density at radius 1 is 0.852 bits per heavy atom. The second kappa shape index (κ2) is 9.20. The average Bonchev–Trinajstić information content (AvgIpc) is 3.17. The number of amides is 1. The second-order valence-corrected chi connectivity index (χ2v) is 8.75. The molecule has 3 aliphatic rings. The van der Waals surface area contributed by atoms with Gasteiger partial charge in [0.15, 0.2) is 0 Å². The second-order valence-electron chi connectivity index (χ2n) is 8.75. The lowest BCUT2D eigenvalue weighted by Crippen LogP contribution is -2.49. The maximum absolute atomic E-state index is 13.3. The van der Waals surface area contributed by atoms with Crippen molar-refractivity contribution >= 4 is 5.91 Å². The first-order valence-electron chi connectivity index (χ1n) is 11.1. The van der Waals surface area contributed by atoms with E-state index in [9.17, 15) is 4.79 Å². The van der Waals surface area contributed by atoms with Crippen molar-refractivity contribution in [1.29, 1.82) is 0 Å². The molecule has 3 saturated heterocycles. The summed E-state index contributed by atoms with van der Waals surface area (Å²) in [6, 6.07) is 11.1. The summed E-state index contributed by atoms with van der Waals surface area (Å²) in [7, 11) is 0. The molecule has 4 rings (SSSR count). The van der Waals surface area contributed by atoms with Gasteiger partial charge in [-0.15, -0.1) is 0 Å². The lowest BCUT2D eigenvalue weighted by molar-refractivity contribution is -0.138. The van der Waals surface area contributed by atoms with Crippen LogP contribution in [0.25, 0.3) is 0 Å². The minimum Gasteiger partial charge on any atom is -0.338 e. The van der Waals surface area contributed by atoms with E-state index in [-0.39, 0.29) is 5.92 Å². The molecule has 4 heteroatoms. The monoisotopic (exact) mass is 369 g/mol. The van der Waals surface area contributed by atoms with E-state index >= 15 is 0 Å². The quantitative estimate of drug-likeness (QED) is 0.796. The van der Waals surface area contributed by atoms with Crippen LogP contribution in [0.15, 0.2) is 30.3 Å². The van der Waals surface area contributed by atoms with Crippen molar-refractivity contribution in [1.82, 2.24) is 14.7 Å². The van der Waals surface area contributed by atoms with E-state index < -0.39 is 0 Å². The highest BCUT2D eigenvalue weighted by molar-refractivity contribution is 5.79. The Labute approximate surface area is 164 Å². The standard InChI is InChI=1S/C23H35N3O/c27-23(26-16-8-12-22(26)19-24-13-5-2-6-14-24)21-11-7-15-25(18-21)17-20-9-3-1-4-10-20/h1,3-4,9-10,21-22H,2,5-8,11-19H2. The number of benzene rings is 1. The molecule has 148 valence electrons. The number of rotatable bonds is 5. The third-order valence-electron chi connectivity index (χ3n) is 6.68. The van der Waals surface area contributed by atoms with Crippen LogP contribution in [0, 0.1) is 5.92 Å². The highest BCUT2D eigenvalue weighted by Crippen LogP contribution is 2.26. The van der Waals surface area contributed by atoms with Crippen LogP contribution in [-0.2, 0) is 11.3 Å². The van der Waals surface area contributed by atoms with Crippen molar-refractivity contribution in [3.05, 3.63) is 35.9 Å². The van der Waals surface area contributed by atoms with Crippen molar-refractivity contribution in [3.8, 4) is 0 Å². The fraction of sp³-hybridized carbons (Fsp3) is 0.696. The molecule has 0 saturated carbocycles. The summed E-state index contributed by atoms with van der Waals surface area (Å²) in [5.74, 6) is 0.636. The molecule has 3 fully saturated rings. The average molecular weight is 370 g/mol. The molecule has 27 heavy (non-hydrogen) atoms. The summed E-state index contributed by atoms with van der Waals surface area (Å²) in [6.07, 6.45) is 8.64. The first-order chi connectivity index (χ1) is 13.3. The Morgan fingerprint density at radius 2 is 1.59 bits per heavy atom. The van der Waals surface area contributed by atoms with Crippen LogP contribution in [0.1, 0.15) is 50.5 Å². The number of piperidine rings is 2. The molecular weight excluding hydrogens is 334 g/mol. The summed E-state index contributed by atoms with van der Waals surface area (Å²) in [4.78, 5) is 20.7. The van der Waals surface area contributed by atoms with Gasteiger partial charge < -0.3 is 9.80 Å². The van der Waals surface area contributed by atoms with Gasteiger partial charge in [0.25, 0.3) is 0 Å². The largest absolute Gasteiger partial charge is 0.338 e. The first kappa shape index (κ1) is 18.9. The SMILES string of the molecule is O=C(C1CCCN(Cc2ccccc2)C1)N1CCCC1CN1CCCCC1. The van der Waals surface area contributed by atoms with Crippen LogP contribution in [0.3, 0.4) is 0 Å². The van der Waals surface area contributed by atoms with Crippen LogP contribution in [0.4, 0.5) is 0 Å². The highest BCUT2D eigenvalue weighted by atomic mass is 16.2. The predicted molar refractivity (Wildman–Crippen MR) is 109 cm³/mol. The van der Waals surface area contributed by atoms with Crippen LogP contribution in [0.2, 0.25) is 0 Å². The molecule has 1 aromatic rings. The summed E-state index contributed by atoms with van der Waals surface area (Å²) >= 11 is 0. The Morgan fingerprint density at radius 3 is 2.41 bits per heavy atom. The van der Waals surface area contributed by atoms with E-state index in [0.29, 0.717) is 11.9 Å². The molecule has 2 unspecified atom stereocenters. The molecule has 1 aromatic carbocycles. The molecule has 0 spiro atoms. The zero-order valence-corrected chi connectivity index (χ0v) is 16.7. The molecule has 2 atom stereocenters. The summed E-state index contributed by atoms with van der Waals surface area (Å²) in [6.45, 7) is 7.57. The van der Waals surface area contributed by atoms with E-state index in [1.165, 1.54) is 50.8 Å². The van der Waals surface area contributed by atoms with E-state index in [1.54, 1.807) is 0 Å². The molecule has 4 nitrogen and oxygen atoms in total. The Hall–Kier alpha value is -1.39. The van der Waals surface area contributed by atoms with Gasteiger partial charge in [-0.3, -0.25) is 9.69 Å². The number of hydrogen-bond acceptors (Lipinski definition) is 3. The molecule has 1 amide bonds. The highest BCUT2D eigenvalue weighted by Gasteiger charge is 2.35. The van der Waals surface area contributed by atoms with Gasteiger partial charge in [-0.05, 0) is 63.7 Å². The predicted octanol–water partition coefficient (Wildman–Crippen LogP) is 3.38. The van der Waals surface area contributed by atoms with Crippen LogP contribution in [0.5, 0.6) is 0 Å². The number of likely N-dealkylation sites (tertiary alicyclic amines) is 3. The van der Waals surface area contributed by atoms with Gasteiger partial charge in [-0.2, -0.15) is 0 Å². The van der Waals surface area contributed by atoms with E-state index in [2.05, 4.69) is 45.0 Å². The van der Waals surface area contributed by atoms with Gasteiger partial charge in [0.05, 0.1) is 5.92 Å². The molecule has 0 aliphatic carbocycles. The number of hydrogen-bond donors (Lipinski definition) is 0. The summed E-state index contributed by atoms with van der Waals surface area (Å²) < 4.78 is 0. The topological polar surface area (TPSA) is 26.8 Å². The van der Waals surface area contributed by atoms with Crippen molar-refractivity contribution in [2.24, 2.45) is 5.92 Å². The first-order valence-corrected chi connectivity index (χ1v) is 11.1. The van der Waals surface area contributed by atoms with Gasteiger partial charge in [-0.1, -0.05) is 36.8 Å². The van der Waals surface area contributed by atoms with Crippen molar-refractivity contribution in [2.45, 2.75) is 57.5 Å². The third kappa shape index (κ3) is 4.91. The van der Waals surface area contributed by atoms with Gasteiger partial charge >= 0.3 is 0 Å². The summed E-state index contributed by atoms with van der Waals surface area (Å²) in [5, 5.41) is 0. The number of carbonyl (C=O) groups is 1. The molecule has 0 bridgehead atoms. The molecule has 3 aliphatic heterocycles. The minimum atomic E-state index is 0.199. The summed E-state index contributed by atoms with van der Waals surface area (Å²) in [5.41, 5.74) is 1.36. The van der Waals surface area contributed by atoms with Crippen molar-refractivity contribution < 1.29 is 4.79 Å². The van der Waals surface area contributed by atoms with Gasteiger partial charge in [0.1, 0.15) is 0 Å². The van der Waals surface area contributed by atoms with Gasteiger partial charge in [-0.25, -0.2) is 0 Å². The van der Waals surface area contributed by atoms with Crippen molar-refractivity contribution in [2.75, 3.05) is 39.3 Å². The van der Waals surface area contributed by atoms with Gasteiger partial charge in [0.2, 0.25) is 5.91 Å². The van der Waals surface area contributed by atoms with E-state index in [1.807, 2.05) is 0 Å². The fourth-order valence-corrected chi connectivity index (χ4v) is 5.23. The molecule has 3 heterocycles. The maximum Gasteiger partial charge on any atom is 0.227 e. The zero-order valence-electron chi connectivity index (χ0n) is 16.7. The normalized spacial score (nSPS) is 27.8.